The smallest absolute Gasteiger partial charge is 0.128 e. The normalized spacial score (nSPS) is 17.9. The van der Waals surface area contributed by atoms with Gasteiger partial charge in [-0.2, -0.15) is 0 Å². The minimum Gasteiger partial charge on any atom is -0.397 e. The molecule has 4 heteroatoms. The number of benzene rings is 1. The van der Waals surface area contributed by atoms with Crippen molar-refractivity contribution in [3.8, 4) is 0 Å². The minimum absolute atomic E-state index is 0.203. The van der Waals surface area contributed by atoms with Crippen molar-refractivity contribution >= 4 is 11.4 Å². The number of aryl methyl sites for hydroxylation is 1. The molecule has 2 rings (SSSR count). The van der Waals surface area contributed by atoms with Gasteiger partial charge in [0.2, 0.25) is 0 Å². The molecule has 0 radical (unpaired) electrons. The Labute approximate surface area is 115 Å². The van der Waals surface area contributed by atoms with Crippen LogP contribution in [0.15, 0.2) is 12.1 Å². The Morgan fingerprint density at radius 2 is 1.95 bits per heavy atom. The van der Waals surface area contributed by atoms with Crippen LogP contribution in [0, 0.1) is 12.7 Å². The van der Waals surface area contributed by atoms with E-state index in [1.54, 1.807) is 13.0 Å². The Bertz CT molecular complexity index is 451. The van der Waals surface area contributed by atoms with Crippen LogP contribution in [0.2, 0.25) is 0 Å². The molecule has 0 amide bonds. The highest BCUT2D eigenvalue weighted by Crippen LogP contribution is 2.34. The molecule has 3 N–H and O–H groups in total. The fourth-order valence-electron chi connectivity index (χ4n) is 2.92. The van der Waals surface area contributed by atoms with Gasteiger partial charge in [0.1, 0.15) is 5.82 Å². The van der Waals surface area contributed by atoms with Gasteiger partial charge >= 0.3 is 0 Å². The first kappa shape index (κ1) is 14.1. The third kappa shape index (κ3) is 2.84. The lowest BCUT2D eigenvalue weighted by molar-refractivity contribution is 0.172. The van der Waals surface area contributed by atoms with E-state index in [9.17, 15) is 4.39 Å². The summed E-state index contributed by atoms with van der Waals surface area (Å²) in [6.07, 6.45) is 4.95. The van der Waals surface area contributed by atoms with Crippen LogP contribution in [0.25, 0.3) is 0 Å². The Morgan fingerprint density at radius 3 is 2.53 bits per heavy atom. The van der Waals surface area contributed by atoms with Crippen LogP contribution in [0.1, 0.15) is 31.2 Å². The van der Waals surface area contributed by atoms with Crippen molar-refractivity contribution in [2.45, 2.75) is 38.1 Å². The molecule has 0 bridgehead atoms. The molecule has 0 saturated heterocycles. The Kier molecular flexibility index (Phi) is 3.99. The molecule has 1 aliphatic rings. The minimum atomic E-state index is -0.244. The summed E-state index contributed by atoms with van der Waals surface area (Å²) < 4.78 is 13.4. The molecule has 106 valence electrons. The van der Waals surface area contributed by atoms with Gasteiger partial charge in [-0.1, -0.05) is 12.8 Å². The highest BCUT2D eigenvalue weighted by atomic mass is 19.1. The van der Waals surface area contributed by atoms with Crippen LogP contribution in [0.4, 0.5) is 15.8 Å². The van der Waals surface area contributed by atoms with E-state index in [0.717, 1.165) is 12.2 Å². The number of nitrogens with one attached hydrogen (secondary N) is 1. The van der Waals surface area contributed by atoms with Crippen LogP contribution in [-0.4, -0.2) is 31.1 Å². The number of halogens is 1. The third-order valence-electron chi connectivity index (χ3n) is 4.42. The zero-order valence-corrected chi connectivity index (χ0v) is 12.1. The van der Waals surface area contributed by atoms with Gasteiger partial charge in [-0.15, -0.1) is 0 Å². The molecule has 1 aromatic rings. The SMILES string of the molecule is Cc1cc(NCC2(N(C)C)CCCC2)c(N)cc1F. The number of nitrogen functional groups attached to an aromatic ring is 1. The van der Waals surface area contributed by atoms with Crippen molar-refractivity contribution in [1.82, 2.24) is 4.90 Å². The number of nitrogens with two attached hydrogens (primary N) is 1. The van der Waals surface area contributed by atoms with Gasteiger partial charge < -0.3 is 16.0 Å². The summed E-state index contributed by atoms with van der Waals surface area (Å²) in [5.74, 6) is -0.244. The Hall–Kier alpha value is -1.29. The lowest BCUT2D eigenvalue weighted by Gasteiger charge is -2.37. The Balaban J connectivity index is 2.11. The summed E-state index contributed by atoms with van der Waals surface area (Å²) in [5, 5.41) is 3.41. The van der Waals surface area contributed by atoms with E-state index in [-0.39, 0.29) is 11.4 Å². The molecule has 1 saturated carbocycles. The molecule has 1 aromatic carbocycles. The number of anilines is 2. The molecular formula is C15H24FN3. The van der Waals surface area contributed by atoms with Crippen LogP contribution < -0.4 is 11.1 Å². The van der Waals surface area contributed by atoms with Crippen molar-refractivity contribution in [1.29, 1.82) is 0 Å². The predicted octanol–water partition coefficient (Wildman–Crippen LogP) is 3.00. The lowest BCUT2D eigenvalue weighted by atomic mass is 9.96. The van der Waals surface area contributed by atoms with Crippen LogP contribution in [0.5, 0.6) is 0 Å². The van der Waals surface area contributed by atoms with Crippen molar-refractivity contribution < 1.29 is 4.39 Å². The van der Waals surface area contributed by atoms with Gasteiger partial charge in [-0.25, -0.2) is 4.39 Å². The second-order valence-corrected chi connectivity index (χ2v) is 5.87. The molecular weight excluding hydrogens is 241 g/mol. The predicted molar refractivity (Wildman–Crippen MR) is 78.9 cm³/mol. The summed E-state index contributed by atoms with van der Waals surface area (Å²) in [6.45, 7) is 2.62. The van der Waals surface area contributed by atoms with E-state index >= 15 is 0 Å². The summed E-state index contributed by atoms with van der Waals surface area (Å²) in [4.78, 5) is 2.31. The number of rotatable bonds is 4. The molecule has 3 nitrogen and oxygen atoms in total. The summed E-state index contributed by atoms with van der Waals surface area (Å²) in [5.41, 5.74) is 8.03. The van der Waals surface area contributed by atoms with Crippen molar-refractivity contribution in [2.24, 2.45) is 0 Å². The molecule has 0 heterocycles. The highest BCUT2D eigenvalue weighted by Gasteiger charge is 2.35. The highest BCUT2D eigenvalue weighted by molar-refractivity contribution is 5.67. The average molecular weight is 265 g/mol. The topological polar surface area (TPSA) is 41.3 Å². The van der Waals surface area contributed by atoms with Crippen LogP contribution in [0.3, 0.4) is 0 Å². The van der Waals surface area contributed by atoms with Gasteiger partial charge in [0.15, 0.2) is 0 Å². The molecule has 0 spiro atoms. The fraction of sp³-hybridized carbons (Fsp3) is 0.600. The summed E-state index contributed by atoms with van der Waals surface area (Å²) in [6, 6.07) is 3.19. The van der Waals surface area contributed by atoms with Crippen LogP contribution in [-0.2, 0) is 0 Å². The molecule has 0 unspecified atom stereocenters. The molecule has 19 heavy (non-hydrogen) atoms. The van der Waals surface area contributed by atoms with E-state index in [1.165, 1.54) is 31.7 Å². The number of hydrogen-bond donors (Lipinski definition) is 2. The zero-order chi connectivity index (χ0) is 14.0. The van der Waals surface area contributed by atoms with Crippen molar-refractivity contribution in [3.63, 3.8) is 0 Å². The largest absolute Gasteiger partial charge is 0.397 e. The molecule has 0 aliphatic heterocycles. The number of likely N-dealkylation sites (N-methyl/N-ethyl adjacent to an activating group) is 1. The third-order valence-corrected chi connectivity index (χ3v) is 4.42. The molecule has 1 fully saturated rings. The van der Waals surface area contributed by atoms with Gasteiger partial charge in [0.25, 0.3) is 0 Å². The second kappa shape index (κ2) is 5.37. The first-order valence-electron chi connectivity index (χ1n) is 6.91. The quantitative estimate of drug-likeness (QED) is 0.822. The first-order chi connectivity index (χ1) is 8.94. The average Bonchev–Trinajstić information content (AvgIpc) is 2.82. The maximum atomic E-state index is 13.4. The Morgan fingerprint density at radius 1 is 1.32 bits per heavy atom. The zero-order valence-electron chi connectivity index (χ0n) is 12.1. The maximum absolute atomic E-state index is 13.4. The summed E-state index contributed by atoms with van der Waals surface area (Å²) >= 11 is 0. The van der Waals surface area contributed by atoms with E-state index in [4.69, 9.17) is 5.73 Å². The number of nitrogens with zero attached hydrogens (tertiary/aromatic N) is 1. The first-order valence-corrected chi connectivity index (χ1v) is 6.91. The van der Waals surface area contributed by atoms with E-state index < -0.39 is 0 Å². The van der Waals surface area contributed by atoms with Gasteiger partial charge in [0.05, 0.1) is 11.4 Å². The van der Waals surface area contributed by atoms with Gasteiger partial charge in [-0.3, -0.25) is 0 Å². The second-order valence-electron chi connectivity index (χ2n) is 5.87. The maximum Gasteiger partial charge on any atom is 0.128 e. The monoisotopic (exact) mass is 265 g/mol. The van der Waals surface area contributed by atoms with E-state index in [2.05, 4.69) is 24.3 Å². The number of hydrogen-bond acceptors (Lipinski definition) is 3. The van der Waals surface area contributed by atoms with Gasteiger partial charge in [0, 0.05) is 12.1 Å². The summed E-state index contributed by atoms with van der Waals surface area (Å²) in [7, 11) is 4.26. The standard InChI is InChI=1S/C15H24FN3/c1-11-8-14(13(17)9-12(11)16)18-10-15(19(2)3)6-4-5-7-15/h8-9,18H,4-7,10,17H2,1-3H3. The molecule has 0 atom stereocenters. The van der Waals surface area contributed by atoms with Crippen molar-refractivity contribution in [3.05, 3.63) is 23.5 Å². The van der Waals surface area contributed by atoms with E-state index in [0.29, 0.717) is 11.3 Å². The van der Waals surface area contributed by atoms with E-state index in [1.807, 2.05) is 0 Å². The fourth-order valence-corrected chi connectivity index (χ4v) is 2.92. The van der Waals surface area contributed by atoms with Crippen LogP contribution >= 0.6 is 0 Å². The lowest BCUT2D eigenvalue weighted by Crippen LogP contribution is -2.47. The van der Waals surface area contributed by atoms with Crippen molar-refractivity contribution in [2.75, 3.05) is 31.7 Å². The molecule has 0 aromatic heterocycles. The molecule has 1 aliphatic carbocycles. The van der Waals surface area contributed by atoms with Gasteiger partial charge in [-0.05, 0) is 51.6 Å².